The SMILES string of the molecule is CCC(c1cc(F)ccc1C(F)(F)F)C(C)C. The van der Waals surface area contributed by atoms with Gasteiger partial charge < -0.3 is 0 Å². The average Bonchev–Trinajstić information content (AvgIpc) is 2.16. The van der Waals surface area contributed by atoms with Crippen LogP contribution in [0.1, 0.15) is 44.2 Å². The predicted molar refractivity (Wildman–Crippen MR) is 59.3 cm³/mol. The number of rotatable bonds is 3. The molecule has 1 rings (SSSR count). The molecular weight excluding hydrogens is 232 g/mol. The van der Waals surface area contributed by atoms with Gasteiger partial charge in [0.05, 0.1) is 5.56 Å². The third-order valence-corrected chi connectivity index (χ3v) is 2.96. The third kappa shape index (κ3) is 3.20. The molecule has 17 heavy (non-hydrogen) atoms. The monoisotopic (exact) mass is 248 g/mol. The zero-order valence-corrected chi connectivity index (χ0v) is 10.1. The Hall–Kier alpha value is -1.06. The van der Waals surface area contributed by atoms with Crippen molar-refractivity contribution in [2.24, 2.45) is 5.92 Å². The van der Waals surface area contributed by atoms with Crippen LogP contribution in [-0.4, -0.2) is 0 Å². The van der Waals surface area contributed by atoms with Crippen molar-refractivity contribution >= 4 is 0 Å². The van der Waals surface area contributed by atoms with E-state index < -0.39 is 17.6 Å². The van der Waals surface area contributed by atoms with E-state index >= 15 is 0 Å². The third-order valence-electron chi connectivity index (χ3n) is 2.96. The molecule has 1 atom stereocenters. The molecule has 0 bridgehead atoms. The van der Waals surface area contributed by atoms with Crippen molar-refractivity contribution < 1.29 is 17.6 Å². The van der Waals surface area contributed by atoms with E-state index in [0.29, 0.717) is 6.42 Å². The lowest BCUT2D eigenvalue weighted by atomic mass is 9.83. The van der Waals surface area contributed by atoms with Crippen molar-refractivity contribution in [2.45, 2.75) is 39.3 Å². The summed E-state index contributed by atoms with van der Waals surface area (Å²) in [6.45, 7) is 5.51. The van der Waals surface area contributed by atoms with Crippen molar-refractivity contribution in [3.63, 3.8) is 0 Å². The fraction of sp³-hybridized carbons (Fsp3) is 0.538. The Balaban J connectivity index is 3.33. The van der Waals surface area contributed by atoms with Crippen LogP contribution in [0.2, 0.25) is 0 Å². The van der Waals surface area contributed by atoms with Gasteiger partial charge in [0.1, 0.15) is 5.82 Å². The van der Waals surface area contributed by atoms with Gasteiger partial charge in [0, 0.05) is 0 Å². The molecule has 0 saturated heterocycles. The van der Waals surface area contributed by atoms with E-state index in [1.54, 1.807) is 0 Å². The van der Waals surface area contributed by atoms with Gasteiger partial charge in [-0.25, -0.2) is 4.39 Å². The van der Waals surface area contributed by atoms with Crippen LogP contribution in [0.25, 0.3) is 0 Å². The lowest BCUT2D eigenvalue weighted by Crippen LogP contribution is -2.15. The van der Waals surface area contributed by atoms with Gasteiger partial charge in [-0.05, 0) is 42.0 Å². The Labute approximate surface area is 98.6 Å². The second-order valence-electron chi connectivity index (χ2n) is 4.49. The molecule has 0 aliphatic rings. The normalized spacial score (nSPS) is 14.1. The summed E-state index contributed by atoms with van der Waals surface area (Å²) in [5.41, 5.74) is -0.658. The topological polar surface area (TPSA) is 0 Å². The molecule has 0 N–H and O–H groups in total. The molecule has 0 aliphatic heterocycles. The summed E-state index contributed by atoms with van der Waals surface area (Å²) >= 11 is 0. The molecule has 0 spiro atoms. The van der Waals surface area contributed by atoms with Gasteiger partial charge in [-0.2, -0.15) is 13.2 Å². The van der Waals surface area contributed by atoms with E-state index in [1.165, 1.54) is 0 Å². The Morgan fingerprint density at radius 3 is 2.18 bits per heavy atom. The number of benzene rings is 1. The average molecular weight is 248 g/mol. The van der Waals surface area contributed by atoms with Gasteiger partial charge >= 0.3 is 6.18 Å². The van der Waals surface area contributed by atoms with Crippen molar-refractivity contribution in [1.82, 2.24) is 0 Å². The van der Waals surface area contributed by atoms with Crippen LogP contribution in [0.5, 0.6) is 0 Å². The highest BCUT2D eigenvalue weighted by Crippen LogP contribution is 2.39. The molecule has 0 aliphatic carbocycles. The van der Waals surface area contributed by atoms with Gasteiger partial charge in [0.2, 0.25) is 0 Å². The zero-order chi connectivity index (χ0) is 13.2. The second kappa shape index (κ2) is 5.07. The molecule has 1 unspecified atom stereocenters. The molecular formula is C13H16F4. The Kier molecular flexibility index (Phi) is 4.17. The van der Waals surface area contributed by atoms with Crippen LogP contribution in [0, 0.1) is 11.7 Å². The minimum absolute atomic E-state index is 0.0444. The summed E-state index contributed by atoms with van der Waals surface area (Å²) in [5, 5.41) is 0. The molecule has 1 aromatic rings. The molecule has 96 valence electrons. The number of hydrogen-bond acceptors (Lipinski definition) is 0. The minimum Gasteiger partial charge on any atom is -0.207 e. The van der Waals surface area contributed by atoms with E-state index in [9.17, 15) is 17.6 Å². The zero-order valence-electron chi connectivity index (χ0n) is 10.1. The number of hydrogen-bond donors (Lipinski definition) is 0. The highest BCUT2D eigenvalue weighted by Gasteiger charge is 2.35. The summed E-state index contributed by atoms with van der Waals surface area (Å²) < 4.78 is 51.6. The van der Waals surface area contributed by atoms with E-state index in [-0.39, 0.29) is 17.4 Å². The van der Waals surface area contributed by atoms with E-state index in [4.69, 9.17) is 0 Å². The first-order valence-corrected chi connectivity index (χ1v) is 5.64. The maximum atomic E-state index is 13.1. The summed E-state index contributed by atoms with van der Waals surface area (Å²) in [4.78, 5) is 0. The van der Waals surface area contributed by atoms with Crippen LogP contribution >= 0.6 is 0 Å². The largest absolute Gasteiger partial charge is 0.416 e. The van der Waals surface area contributed by atoms with E-state index in [0.717, 1.165) is 18.2 Å². The van der Waals surface area contributed by atoms with Crippen LogP contribution in [-0.2, 0) is 6.18 Å². The van der Waals surface area contributed by atoms with E-state index in [1.807, 2.05) is 20.8 Å². The summed E-state index contributed by atoms with van der Waals surface area (Å²) in [6.07, 6.45) is -3.87. The van der Waals surface area contributed by atoms with Gasteiger partial charge in [-0.15, -0.1) is 0 Å². The van der Waals surface area contributed by atoms with Gasteiger partial charge in [0.25, 0.3) is 0 Å². The number of alkyl halides is 3. The molecule has 4 heteroatoms. The first-order chi connectivity index (χ1) is 7.77. The minimum atomic E-state index is -4.43. The van der Waals surface area contributed by atoms with Crippen LogP contribution in [0.3, 0.4) is 0 Å². The maximum absolute atomic E-state index is 13.1. The van der Waals surface area contributed by atoms with Crippen molar-refractivity contribution in [3.05, 3.63) is 35.1 Å². The fourth-order valence-electron chi connectivity index (χ4n) is 2.15. The molecule has 0 nitrogen and oxygen atoms in total. The lowest BCUT2D eigenvalue weighted by molar-refractivity contribution is -0.138. The summed E-state index contributed by atoms with van der Waals surface area (Å²) in [5.74, 6) is -0.850. The first kappa shape index (κ1) is 14.0. The number of halogens is 4. The fourth-order valence-corrected chi connectivity index (χ4v) is 2.15. The maximum Gasteiger partial charge on any atom is 0.416 e. The van der Waals surface area contributed by atoms with Gasteiger partial charge in [-0.1, -0.05) is 20.8 Å². The van der Waals surface area contributed by atoms with Crippen molar-refractivity contribution in [3.8, 4) is 0 Å². The Morgan fingerprint density at radius 1 is 1.18 bits per heavy atom. The Morgan fingerprint density at radius 2 is 1.76 bits per heavy atom. The van der Waals surface area contributed by atoms with Gasteiger partial charge in [0.15, 0.2) is 0 Å². The van der Waals surface area contributed by atoms with Crippen molar-refractivity contribution in [1.29, 1.82) is 0 Å². The quantitative estimate of drug-likeness (QED) is 0.661. The van der Waals surface area contributed by atoms with Crippen LogP contribution < -0.4 is 0 Å². The van der Waals surface area contributed by atoms with Crippen molar-refractivity contribution in [2.75, 3.05) is 0 Å². The van der Waals surface area contributed by atoms with Crippen LogP contribution in [0.4, 0.5) is 17.6 Å². The highest BCUT2D eigenvalue weighted by molar-refractivity contribution is 5.33. The molecule has 0 heterocycles. The van der Waals surface area contributed by atoms with Gasteiger partial charge in [-0.3, -0.25) is 0 Å². The first-order valence-electron chi connectivity index (χ1n) is 5.64. The lowest BCUT2D eigenvalue weighted by Gasteiger charge is -2.23. The molecule has 1 aromatic carbocycles. The molecule has 0 radical (unpaired) electrons. The second-order valence-corrected chi connectivity index (χ2v) is 4.49. The summed E-state index contributed by atoms with van der Waals surface area (Å²) in [7, 11) is 0. The smallest absolute Gasteiger partial charge is 0.207 e. The molecule has 0 saturated carbocycles. The standard InChI is InChI=1S/C13H16F4/c1-4-10(8(2)3)11-7-9(14)5-6-12(11)13(15,16)17/h5-8,10H,4H2,1-3H3. The molecule has 0 fully saturated rings. The van der Waals surface area contributed by atoms with Crippen LogP contribution in [0.15, 0.2) is 18.2 Å². The molecule has 0 aromatic heterocycles. The van der Waals surface area contributed by atoms with E-state index in [2.05, 4.69) is 0 Å². The predicted octanol–water partition coefficient (Wildman–Crippen LogP) is 4.99. The summed E-state index contributed by atoms with van der Waals surface area (Å²) in [6, 6.07) is 2.70. The Bertz CT molecular complexity index is 379. The highest BCUT2D eigenvalue weighted by atomic mass is 19.4. The molecule has 0 amide bonds.